The number of methoxy groups -OCH3 is 1. The number of rotatable bonds is 8. The van der Waals surface area contributed by atoms with Gasteiger partial charge in [0, 0.05) is 13.1 Å². The second kappa shape index (κ2) is 9.53. The Kier molecular flexibility index (Phi) is 6.58. The van der Waals surface area contributed by atoms with Gasteiger partial charge in [-0.05, 0) is 43.4 Å². The molecule has 0 aliphatic carbocycles. The summed E-state index contributed by atoms with van der Waals surface area (Å²) in [7, 11) is 1.64. The summed E-state index contributed by atoms with van der Waals surface area (Å²) in [5.41, 5.74) is 0.840. The molecule has 2 aromatic carbocycles. The van der Waals surface area contributed by atoms with Crippen molar-refractivity contribution < 1.29 is 19.0 Å². The highest BCUT2D eigenvalue weighted by Gasteiger charge is 2.33. The van der Waals surface area contributed by atoms with Crippen molar-refractivity contribution in [3.05, 3.63) is 42.5 Å². The zero-order valence-corrected chi connectivity index (χ0v) is 18.9. The highest BCUT2D eigenvalue weighted by atomic mass is 32.1. The fourth-order valence-electron chi connectivity index (χ4n) is 3.53. The van der Waals surface area contributed by atoms with Gasteiger partial charge in [0.25, 0.3) is 5.91 Å². The summed E-state index contributed by atoms with van der Waals surface area (Å²) in [4.78, 5) is 22.3. The lowest BCUT2D eigenvalue weighted by atomic mass is 10.2. The van der Waals surface area contributed by atoms with E-state index in [-0.39, 0.29) is 12.5 Å². The summed E-state index contributed by atoms with van der Waals surface area (Å²) in [5, 5.41) is 0.655. The molecule has 164 valence electrons. The van der Waals surface area contributed by atoms with Gasteiger partial charge in [-0.25, -0.2) is 4.98 Å². The van der Waals surface area contributed by atoms with Crippen molar-refractivity contribution >= 4 is 32.6 Å². The topological polar surface area (TPSA) is 64.1 Å². The first kappa shape index (κ1) is 21.4. The summed E-state index contributed by atoms with van der Waals surface area (Å²) in [6.07, 6.45) is -0.715. The molecule has 0 radical (unpaired) electrons. The molecule has 8 heteroatoms. The number of hydrogen-bond acceptors (Lipinski definition) is 7. The van der Waals surface area contributed by atoms with Crippen LogP contribution >= 0.6 is 11.3 Å². The molecule has 0 saturated heterocycles. The maximum absolute atomic E-state index is 13.5. The quantitative estimate of drug-likeness (QED) is 0.530. The van der Waals surface area contributed by atoms with Gasteiger partial charge in [-0.2, -0.15) is 0 Å². The van der Waals surface area contributed by atoms with Gasteiger partial charge in [0.2, 0.25) is 6.10 Å². The predicted molar refractivity (Wildman–Crippen MR) is 123 cm³/mol. The fourth-order valence-corrected chi connectivity index (χ4v) is 4.56. The van der Waals surface area contributed by atoms with Crippen molar-refractivity contribution in [1.82, 2.24) is 9.88 Å². The van der Waals surface area contributed by atoms with Crippen LogP contribution in [0.4, 0.5) is 5.13 Å². The highest BCUT2D eigenvalue weighted by Crippen LogP contribution is 2.34. The molecule has 0 spiro atoms. The number of carbonyl (C=O) groups is 1. The first-order chi connectivity index (χ1) is 15.1. The van der Waals surface area contributed by atoms with Gasteiger partial charge in [-0.1, -0.05) is 37.3 Å². The number of nitrogens with zero attached hydrogens (tertiary/aromatic N) is 3. The summed E-state index contributed by atoms with van der Waals surface area (Å²) in [6, 6.07) is 13.2. The van der Waals surface area contributed by atoms with Gasteiger partial charge >= 0.3 is 0 Å². The Morgan fingerprint density at radius 3 is 2.68 bits per heavy atom. The molecule has 4 rings (SSSR count). The molecule has 0 N–H and O–H groups in total. The van der Waals surface area contributed by atoms with Gasteiger partial charge in [0.15, 0.2) is 16.6 Å². The first-order valence-corrected chi connectivity index (χ1v) is 11.3. The minimum Gasteiger partial charge on any atom is -0.497 e. The zero-order valence-electron chi connectivity index (χ0n) is 18.0. The Morgan fingerprint density at radius 1 is 1.16 bits per heavy atom. The summed E-state index contributed by atoms with van der Waals surface area (Å²) in [5.74, 6) is 1.87. The third kappa shape index (κ3) is 4.60. The maximum atomic E-state index is 13.5. The summed E-state index contributed by atoms with van der Waals surface area (Å²) in [6.45, 7) is 7.54. The molecular weight excluding hydrogens is 414 g/mol. The average molecular weight is 442 g/mol. The molecule has 1 unspecified atom stereocenters. The van der Waals surface area contributed by atoms with E-state index >= 15 is 0 Å². The third-order valence-electron chi connectivity index (χ3n) is 5.40. The van der Waals surface area contributed by atoms with Crippen molar-refractivity contribution in [2.75, 3.05) is 44.8 Å². The SMILES string of the molecule is CCN(CC)CCN(C(=O)C1COc2ccccc2O1)c1nc2ccc(OC)cc2s1. The van der Waals surface area contributed by atoms with Crippen molar-refractivity contribution in [2.45, 2.75) is 20.0 Å². The molecule has 1 atom stereocenters. The number of hydrogen-bond donors (Lipinski definition) is 0. The molecule has 31 heavy (non-hydrogen) atoms. The van der Waals surface area contributed by atoms with E-state index in [1.807, 2.05) is 42.5 Å². The number of anilines is 1. The van der Waals surface area contributed by atoms with Crippen molar-refractivity contribution in [3.63, 3.8) is 0 Å². The number of para-hydroxylation sites is 2. The normalized spacial score (nSPS) is 15.3. The standard InChI is InChI=1S/C23H27N3O4S/c1-4-25(5-2)12-13-26(23-24-17-11-10-16(28-3)14-21(17)31-23)22(27)20-15-29-18-8-6-7-9-19(18)30-20/h6-11,14,20H,4-5,12-13,15H2,1-3H3. The second-order valence-electron chi connectivity index (χ2n) is 7.21. The lowest BCUT2D eigenvalue weighted by molar-refractivity contribution is -0.127. The van der Waals surface area contributed by atoms with Crippen LogP contribution in [0.1, 0.15) is 13.8 Å². The number of carbonyl (C=O) groups excluding carboxylic acids is 1. The molecule has 2 heterocycles. The van der Waals surface area contributed by atoms with Gasteiger partial charge in [0.05, 0.1) is 17.3 Å². The monoisotopic (exact) mass is 441 g/mol. The van der Waals surface area contributed by atoms with Crippen LogP contribution in [0, 0.1) is 0 Å². The van der Waals surface area contributed by atoms with Crippen LogP contribution in [0.5, 0.6) is 17.2 Å². The number of fused-ring (bicyclic) bond motifs is 2. The van der Waals surface area contributed by atoms with Crippen molar-refractivity contribution in [3.8, 4) is 17.2 Å². The van der Waals surface area contributed by atoms with Crippen LogP contribution in [0.3, 0.4) is 0 Å². The Labute approximate surface area is 186 Å². The van der Waals surface area contributed by atoms with Crippen LogP contribution < -0.4 is 19.1 Å². The predicted octanol–water partition coefficient (Wildman–Crippen LogP) is 3.82. The third-order valence-corrected chi connectivity index (χ3v) is 6.44. The molecular formula is C23H27N3O4S. The van der Waals surface area contributed by atoms with E-state index in [0.717, 1.165) is 35.6 Å². The molecule has 1 aliphatic heterocycles. The summed E-state index contributed by atoms with van der Waals surface area (Å²) < 4.78 is 18.1. The van der Waals surface area contributed by atoms with Crippen LogP contribution in [0.15, 0.2) is 42.5 Å². The lowest BCUT2D eigenvalue weighted by Crippen LogP contribution is -2.48. The lowest BCUT2D eigenvalue weighted by Gasteiger charge is -2.30. The van der Waals surface area contributed by atoms with Gasteiger partial charge < -0.3 is 19.1 Å². The largest absolute Gasteiger partial charge is 0.497 e. The van der Waals surface area contributed by atoms with E-state index < -0.39 is 6.10 Å². The Hall–Kier alpha value is -2.84. The minimum absolute atomic E-state index is 0.146. The number of thiazole rings is 1. The van der Waals surface area contributed by atoms with E-state index in [1.165, 1.54) is 11.3 Å². The van der Waals surface area contributed by atoms with E-state index in [0.29, 0.717) is 23.2 Å². The number of aromatic nitrogens is 1. The number of benzene rings is 2. The van der Waals surface area contributed by atoms with Crippen molar-refractivity contribution in [1.29, 1.82) is 0 Å². The molecule has 0 saturated carbocycles. The Bertz CT molecular complexity index is 1050. The number of likely N-dealkylation sites (N-methyl/N-ethyl adjacent to an activating group) is 1. The van der Waals surface area contributed by atoms with Crippen LogP contribution in [0.25, 0.3) is 10.2 Å². The average Bonchev–Trinajstić information content (AvgIpc) is 3.24. The van der Waals surface area contributed by atoms with Crippen LogP contribution in [-0.4, -0.2) is 61.8 Å². The number of ether oxygens (including phenoxy) is 3. The van der Waals surface area contributed by atoms with Crippen LogP contribution in [0.2, 0.25) is 0 Å². The minimum atomic E-state index is -0.715. The first-order valence-electron chi connectivity index (χ1n) is 10.5. The summed E-state index contributed by atoms with van der Waals surface area (Å²) >= 11 is 1.48. The smallest absolute Gasteiger partial charge is 0.273 e. The second-order valence-corrected chi connectivity index (χ2v) is 8.22. The maximum Gasteiger partial charge on any atom is 0.273 e. The van der Waals surface area contributed by atoms with E-state index in [2.05, 4.69) is 18.7 Å². The van der Waals surface area contributed by atoms with Crippen molar-refractivity contribution in [2.24, 2.45) is 0 Å². The molecule has 1 aliphatic rings. The molecule has 0 bridgehead atoms. The fraction of sp³-hybridized carbons (Fsp3) is 0.391. The van der Waals surface area contributed by atoms with Gasteiger partial charge in [0.1, 0.15) is 12.4 Å². The van der Waals surface area contributed by atoms with Gasteiger partial charge in [-0.15, -0.1) is 0 Å². The van der Waals surface area contributed by atoms with Gasteiger partial charge in [-0.3, -0.25) is 9.69 Å². The molecule has 0 fully saturated rings. The highest BCUT2D eigenvalue weighted by molar-refractivity contribution is 7.22. The Balaban J connectivity index is 1.61. The molecule has 7 nitrogen and oxygen atoms in total. The Morgan fingerprint density at radius 2 is 1.94 bits per heavy atom. The molecule has 3 aromatic rings. The van der Waals surface area contributed by atoms with E-state index in [9.17, 15) is 4.79 Å². The molecule has 1 amide bonds. The van der Waals surface area contributed by atoms with E-state index in [4.69, 9.17) is 19.2 Å². The van der Waals surface area contributed by atoms with Crippen LogP contribution in [-0.2, 0) is 4.79 Å². The molecule has 1 aromatic heterocycles. The zero-order chi connectivity index (χ0) is 21.8. The van der Waals surface area contributed by atoms with E-state index in [1.54, 1.807) is 12.0 Å². The number of amides is 1.